The maximum Gasteiger partial charge on any atom is 0.260 e. The molecule has 0 saturated heterocycles. The van der Waals surface area contributed by atoms with E-state index in [1.54, 1.807) is 21.1 Å². The zero-order valence-electron chi connectivity index (χ0n) is 16.9. The van der Waals surface area contributed by atoms with Crippen LogP contribution in [0.15, 0.2) is 36.4 Å². The number of hydrogen-bond donors (Lipinski definition) is 1. The lowest BCUT2D eigenvalue weighted by atomic mass is 9.91. The van der Waals surface area contributed by atoms with E-state index in [4.69, 9.17) is 14.2 Å². The highest BCUT2D eigenvalue weighted by Gasteiger charge is 2.19. The number of ether oxygens (including phenoxy) is 3. The second-order valence-electron chi connectivity index (χ2n) is 7.09. The van der Waals surface area contributed by atoms with E-state index < -0.39 is 6.10 Å². The minimum Gasteiger partial charge on any atom is -0.493 e. The number of carbonyl (C=O) groups is 1. The second kappa shape index (κ2) is 9.49. The molecule has 1 N–H and O–H groups in total. The van der Waals surface area contributed by atoms with E-state index in [9.17, 15) is 4.79 Å². The van der Waals surface area contributed by atoms with Gasteiger partial charge in [0, 0.05) is 6.54 Å². The third-order valence-electron chi connectivity index (χ3n) is 5.19. The lowest BCUT2D eigenvalue weighted by Crippen LogP contribution is -2.37. The van der Waals surface area contributed by atoms with Crippen molar-refractivity contribution in [2.45, 2.75) is 45.1 Å². The topological polar surface area (TPSA) is 56.8 Å². The Morgan fingerprint density at radius 3 is 2.61 bits per heavy atom. The van der Waals surface area contributed by atoms with Gasteiger partial charge in [-0.25, -0.2) is 0 Å². The van der Waals surface area contributed by atoms with Crippen LogP contribution >= 0.6 is 0 Å². The number of fused-ring (bicyclic) bond motifs is 1. The zero-order chi connectivity index (χ0) is 19.9. The summed E-state index contributed by atoms with van der Waals surface area (Å²) in [6.45, 7) is 2.34. The maximum absolute atomic E-state index is 12.4. The van der Waals surface area contributed by atoms with E-state index in [2.05, 4.69) is 11.4 Å². The number of methoxy groups -OCH3 is 2. The molecule has 2 aromatic carbocycles. The molecular weight excluding hydrogens is 354 g/mol. The molecule has 0 radical (unpaired) electrons. The number of benzene rings is 2. The summed E-state index contributed by atoms with van der Waals surface area (Å²) in [6, 6.07) is 11.9. The molecule has 0 fully saturated rings. The van der Waals surface area contributed by atoms with Gasteiger partial charge >= 0.3 is 0 Å². The Kier molecular flexibility index (Phi) is 6.80. The number of amides is 1. The van der Waals surface area contributed by atoms with Crippen LogP contribution in [0.5, 0.6) is 17.2 Å². The van der Waals surface area contributed by atoms with Crippen molar-refractivity contribution in [3.8, 4) is 17.2 Å². The molecule has 1 aliphatic rings. The van der Waals surface area contributed by atoms with Crippen molar-refractivity contribution in [3.63, 3.8) is 0 Å². The normalized spacial score (nSPS) is 14.0. The molecule has 2 aromatic rings. The van der Waals surface area contributed by atoms with Crippen LogP contribution in [0.4, 0.5) is 0 Å². The quantitative estimate of drug-likeness (QED) is 0.755. The lowest BCUT2D eigenvalue weighted by Gasteiger charge is -2.22. The van der Waals surface area contributed by atoms with E-state index in [1.807, 2.05) is 30.3 Å². The molecule has 0 saturated carbocycles. The van der Waals surface area contributed by atoms with Gasteiger partial charge in [0.05, 0.1) is 14.2 Å². The molecule has 28 heavy (non-hydrogen) atoms. The minimum atomic E-state index is -0.529. The summed E-state index contributed by atoms with van der Waals surface area (Å²) in [4.78, 5) is 12.4. The second-order valence-corrected chi connectivity index (χ2v) is 7.09. The Bertz CT molecular complexity index is 818. The summed E-state index contributed by atoms with van der Waals surface area (Å²) in [5.74, 6) is 2.13. The van der Waals surface area contributed by atoms with E-state index in [0.29, 0.717) is 24.5 Å². The Hall–Kier alpha value is -2.69. The summed E-state index contributed by atoms with van der Waals surface area (Å²) in [7, 11) is 3.23. The molecule has 0 aromatic heterocycles. The molecule has 3 rings (SSSR count). The predicted molar refractivity (Wildman–Crippen MR) is 109 cm³/mol. The highest BCUT2D eigenvalue weighted by molar-refractivity contribution is 5.80. The van der Waals surface area contributed by atoms with Gasteiger partial charge in [0.15, 0.2) is 17.6 Å². The molecule has 1 aliphatic carbocycles. The molecular formula is C23H29NO4. The lowest BCUT2D eigenvalue weighted by molar-refractivity contribution is -0.127. The van der Waals surface area contributed by atoms with Crippen LogP contribution in [0.25, 0.3) is 0 Å². The standard InChI is InChI=1S/C23H29NO4/c1-16(28-20-10-6-8-18-7-4-5-9-19(18)20)23(25)24-14-13-17-11-12-21(26-2)22(15-17)27-3/h6,8,10-12,15-16H,4-5,7,9,13-14H2,1-3H3,(H,24,25)/t16-/m0/s1. The SMILES string of the molecule is COc1ccc(CCNC(=O)[C@H](C)Oc2cccc3c2CCCC3)cc1OC. The van der Waals surface area contributed by atoms with E-state index >= 15 is 0 Å². The Balaban J connectivity index is 1.53. The minimum absolute atomic E-state index is 0.103. The largest absolute Gasteiger partial charge is 0.493 e. The molecule has 1 amide bonds. The van der Waals surface area contributed by atoms with Gasteiger partial charge < -0.3 is 19.5 Å². The van der Waals surface area contributed by atoms with Crippen LogP contribution in [0.1, 0.15) is 36.5 Å². The van der Waals surface area contributed by atoms with Crippen LogP contribution in [-0.2, 0) is 24.1 Å². The van der Waals surface area contributed by atoms with Crippen molar-refractivity contribution in [2.24, 2.45) is 0 Å². The van der Waals surface area contributed by atoms with Crippen molar-refractivity contribution in [1.29, 1.82) is 0 Å². The number of aryl methyl sites for hydroxylation is 1. The van der Waals surface area contributed by atoms with Crippen LogP contribution in [0.2, 0.25) is 0 Å². The van der Waals surface area contributed by atoms with Crippen LogP contribution < -0.4 is 19.5 Å². The predicted octanol–water partition coefficient (Wildman–Crippen LogP) is 3.71. The fourth-order valence-corrected chi connectivity index (χ4v) is 3.61. The van der Waals surface area contributed by atoms with Crippen molar-refractivity contribution in [2.75, 3.05) is 20.8 Å². The van der Waals surface area contributed by atoms with E-state index in [-0.39, 0.29) is 5.91 Å². The molecule has 1 atom stereocenters. The Labute approximate surface area is 167 Å². The highest BCUT2D eigenvalue weighted by Crippen LogP contribution is 2.30. The van der Waals surface area contributed by atoms with Gasteiger partial charge in [0.1, 0.15) is 5.75 Å². The molecule has 0 heterocycles. The maximum atomic E-state index is 12.4. The van der Waals surface area contributed by atoms with Gasteiger partial charge in [-0.2, -0.15) is 0 Å². The van der Waals surface area contributed by atoms with E-state index in [1.165, 1.54) is 24.0 Å². The van der Waals surface area contributed by atoms with Crippen molar-refractivity contribution in [1.82, 2.24) is 5.32 Å². The van der Waals surface area contributed by atoms with Crippen molar-refractivity contribution >= 4 is 5.91 Å². The monoisotopic (exact) mass is 383 g/mol. The summed E-state index contributed by atoms with van der Waals surface area (Å²) >= 11 is 0. The van der Waals surface area contributed by atoms with Crippen molar-refractivity contribution in [3.05, 3.63) is 53.1 Å². The van der Waals surface area contributed by atoms with Gasteiger partial charge in [0.25, 0.3) is 5.91 Å². The van der Waals surface area contributed by atoms with Gasteiger partial charge in [-0.3, -0.25) is 4.79 Å². The fourth-order valence-electron chi connectivity index (χ4n) is 3.61. The first-order valence-electron chi connectivity index (χ1n) is 9.88. The molecule has 5 nitrogen and oxygen atoms in total. The Morgan fingerprint density at radius 2 is 1.82 bits per heavy atom. The first-order chi connectivity index (χ1) is 13.6. The number of hydrogen-bond acceptors (Lipinski definition) is 4. The summed E-state index contributed by atoms with van der Waals surface area (Å²) < 4.78 is 16.6. The van der Waals surface area contributed by atoms with Gasteiger partial charge in [-0.05, 0) is 73.9 Å². The molecule has 5 heteroatoms. The average molecular weight is 383 g/mol. The highest BCUT2D eigenvalue weighted by atomic mass is 16.5. The third-order valence-corrected chi connectivity index (χ3v) is 5.19. The number of rotatable bonds is 8. The van der Waals surface area contributed by atoms with Crippen LogP contribution in [0.3, 0.4) is 0 Å². The van der Waals surface area contributed by atoms with Crippen LogP contribution in [-0.4, -0.2) is 32.8 Å². The van der Waals surface area contributed by atoms with Gasteiger partial charge in [-0.1, -0.05) is 18.2 Å². The summed E-state index contributed by atoms with van der Waals surface area (Å²) in [5, 5.41) is 2.96. The molecule has 0 bridgehead atoms. The molecule has 150 valence electrons. The summed E-state index contributed by atoms with van der Waals surface area (Å²) in [5.41, 5.74) is 3.69. The summed E-state index contributed by atoms with van der Waals surface area (Å²) in [6.07, 6.45) is 4.71. The number of carbonyl (C=O) groups excluding carboxylic acids is 1. The van der Waals surface area contributed by atoms with Crippen LogP contribution in [0, 0.1) is 0 Å². The van der Waals surface area contributed by atoms with Gasteiger partial charge in [0.2, 0.25) is 0 Å². The molecule has 0 aliphatic heterocycles. The first-order valence-corrected chi connectivity index (χ1v) is 9.88. The van der Waals surface area contributed by atoms with E-state index in [0.717, 1.165) is 24.2 Å². The average Bonchev–Trinajstić information content (AvgIpc) is 2.73. The third kappa shape index (κ3) is 4.77. The van der Waals surface area contributed by atoms with Crippen molar-refractivity contribution < 1.29 is 19.0 Å². The first kappa shape index (κ1) is 20.1. The Morgan fingerprint density at radius 1 is 1.04 bits per heavy atom. The van der Waals surface area contributed by atoms with Gasteiger partial charge in [-0.15, -0.1) is 0 Å². The zero-order valence-corrected chi connectivity index (χ0v) is 16.9. The number of nitrogens with one attached hydrogen (secondary N) is 1. The molecule has 0 unspecified atom stereocenters. The smallest absolute Gasteiger partial charge is 0.260 e. The fraction of sp³-hybridized carbons (Fsp3) is 0.435. The molecule has 0 spiro atoms.